The molecule has 0 aliphatic carbocycles. The van der Waals surface area contributed by atoms with Gasteiger partial charge in [0.15, 0.2) is 5.16 Å². The summed E-state index contributed by atoms with van der Waals surface area (Å²) in [6, 6.07) is 14.4. The summed E-state index contributed by atoms with van der Waals surface area (Å²) in [7, 11) is 0. The van der Waals surface area contributed by atoms with E-state index in [0.29, 0.717) is 0 Å². The molecule has 0 radical (unpaired) electrons. The minimum absolute atomic E-state index is 0.751. The first-order valence-corrected chi connectivity index (χ1v) is 11.2. The molecular weight excluding hydrogens is 406 g/mol. The number of hydrogen-bond acceptors (Lipinski definition) is 6. The van der Waals surface area contributed by atoms with Crippen LogP contribution in [0.15, 0.2) is 64.5 Å². The fraction of sp³-hybridized carbons (Fsp3) is 0.167. The zero-order chi connectivity index (χ0) is 21.5. The third-order valence-electron chi connectivity index (χ3n) is 5.36. The average Bonchev–Trinajstić information content (AvgIpc) is 3.34. The second-order valence-corrected chi connectivity index (χ2v) is 8.18. The lowest BCUT2D eigenvalue weighted by molar-refractivity contribution is 0.393. The van der Waals surface area contributed by atoms with Gasteiger partial charge in [-0.05, 0) is 56.9 Å². The Morgan fingerprint density at radius 2 is 1.77 bits per heavy atom. The lowest BCUT2D eigenvalue weighted by Gasteiger charge is -2.06. The van der Waals surface area contributed by atoms with Crippen molar-refractivity contribution in [3.05, 3.63) is 71.9 Å². The molecule has 0 saturated carbocycles. The molecule has 0 unspecified atom stereocenters. The van der Waals surface area contributed by atoms with E-state index in [4.69, 9.17) is 14.5 Å². The van der Waals surface area contributed by atoms with Crippen molar-refractivity contribution in [2.75, 3.05) is 6.26 Å². The molecule has 154 valence electrons. The molecule has 0 N–H and O–H groups in total. The van der Waals surface area contributed by atoms with Gasteiger partial charge in [-0.15, -0.1) is 0 Å². The topological polar surface area (TPSA) is 69.6 Å². The second kappa shape index (κ2) is 7.67. The molecule has 31 heavy (non-hydrogen) atoms. The Morgan fingerprint density at radius 1 is 0.968 bits per heavy atom. The van der Waals surface area contributed by atoms with Gasteiger partial charge in [0.1, 0.15) is 11.4 Å². The van der Waals surface area contributed by atoms with Crippen LogP contribution in [0.5, 0.6) is 0 Å². The molecule has 0 aliphatic heterocycles. The lowest BCUT2D eigenvalue weighted by atomic mass is 10.1. The molecular formula is C24H21N5OS. The number of thioether (sulfide) groups is 1. The van der Waals surface area contributed by atoms with E-state index in [1.165, 1.54) is 11.8 Å². The van der Waals surface area contributed by atoms with Crippen molar-refractivity contribution in [1.82, 2.24) is 24.7 Å². The first kappa shape index (κ1) is 19.5. The molecule has 0 bridgehead atoms. The van der Waals surface area contributed by atoms with E-state index in [0.717, 1.165) is 61.4 Å². The highest BCUT2D eigenvalue weighted by atomic mass is 32.2. The predicted molar refractivity (Wildman–Crippen MR) is 124 cm³/mol. The molecule has 1 aromatic carbocycles. The summed E-state index contributed by atoms with van der Waals surface area (Å²) in [5.41, 5.74) is 7.50. The van der Waals surface area contributed by atoms with E-state index in [2.05, 4.69) is 39.1 Å². The van der Waals surface area contributed by atoms with Gasteiger partial charge in [0, 0.05) is 29.0 Å². The van der Waals surface area contributed by atoms with Crippen LogP contribution < -0.4 is 0 Å². The van der Waals surface area contributed by atoms with Crippen LogP contribution in [0.25, 0.3) is 39.2 Å². The van der Waals surface area contributed by atoms with Gasteiger partial charge in [-0.25, -0.2) is 15.0 Å². The van der Waals surface area contributed by atoms with Crippen molar-refractivity contribution in [2.24, 2.45) is 0 Å². The number of rotatable bonds is 4. The molecule has 0 fully saturated rings. The molecule has 6 nitrogen and oxygen atoms in total. The van der Waals surface area contributed by atoms with Gasteiger partial charge in [-0.3, -0.25) is 0 Å². The zero-order valence-electron chi connectivity index (χ0n) is 17.7. The summed E-state index contributed by atoms with van der Waals surface area (Å²) in [5, 5.41) is 5.88. The fourth-order valence-corrected chi connectivity index (χ4v) is 4.20. The molecule has 5 rings (SSSR count). The summed E-state index contributed by atoms with van der Waals surface area (Å²) in [5.74, 6) is 0.763. The summed E-state index contributed by atoms with van der Waals surface area (Å²) in [6.07, 6.45) is 5.98. The predicted octanol–water partition coefficient (Wildman–Crippen LogP) is 5.78. The van der Waals surface area contributed by atoms with Gasteiger partial charge in [0.25, 0.3) is 0 Å². The van der Waals surface area contributed by atoms with Gasteiger partial charge in [0.05, 0.1) is 22.6 Å². The first-order chi connectivity index (χ1) is 15.1. The molecule has 0 aliphatic rings. The Bertz CT molecular complexity index is 1390. The molecule has 0 atom stereocenters. The number of fused-ring (bicyclic) bond motifs is 1. The van der Waals surface area contributed by atoms with E-state index in [1.54, 1.807) is 0 Å². The molecule has 4 aromatic heterocycles. The smallest absolute Gasteiger partial charge is 0.187 e. The van der Waals surface area contributed by atoms with Gasteiger partial charge < -0.3 is 9.09 Å². The maximum atomic E-state index is 5.38. The van der Waals surface area contributed by atoms with Crippen LogP contribution in [0.4, 0.5) is 0 Å². The van der Waals surface area contributed by atoms with E-state index in [-0.39, 0.29) is 0 Å². The summed E-state index contributed by atoms with van der Waals surface area (Å²) < 4.78 is 7.49. The number of nitrogens with zero attached hydrogens (tertiary/aromatic N) is 5. The van der Waals surface area contributed by atoms with Crippen LogP contribution in [-0.2, 0) is 0 Å². The van der Waals surface area contributed by atoms with Gasteiger partial charge in [0.2, 0.25) is 0 Å². The maximum absolute atomic E-state index is 5.38. The number of aromatic nitrogens is 5. The Balaban J connectivity index is 1.81. The van der Waals surface area contributed by atoms with E-state index >= 15 is 0 Å². The Hall–Kier alpha value is -3.45. The van der Waals surface area contributed by atoms with Crippen LogP contribution in [0.2, 0.25) is 0 Å². The van der Waals surface area contributed by atoms with Crippen LogP contribution >= 0.6 is 11.8 Å². The van der Waals surface area contributed by atoms with Crippen molar-refractivity contribution in [1.29, 1.82) is 0 Å². The standard InChI is InChI=1S/C24H21N5OS/c1-14-12-25-24(31-4)27-22(14)19-13-29(17-8-6-5-7-9-17)23-18(19)10-11-20(26-23)21-15(2)28-30-16(21)3/h5-13H,1-4H3. The van der Waals surface area contributed by atoms with Crippen molar-refractivity contribution < 1.29 is 4.52 Å². The maximum Gasteiger partial charge on any atom is 0.187 e. The largest absolute Gasteiger partial charge is 0.361 e. The summed E-state index contributed by atoms with van der Waals surface area (Å²) >= 11 is 1.54. The fourth-order valence-electron chi connectivity index (χ4n) is 3.86. The highest BCUT2D eigenvalue weighted by Gasteiger charge is 2.19. The van der Waals surface area contributed by atoms with Crippen molar-refractivity contribution >= 4 is 22.8 Å². The van der Waals surface area contributed by atoms with Crippen molar-refractivity contribution in [2.45, 2.75) is 25.9 Å². The minimum Gasteiger partial charge on any atom is -0.361 e. The third-order valence-corrected chi connectivity index (χ3v) is 5.92. The average molecular weight is 428 g/mol. The lowest BCUT2D eigenvalue weighted by Crippen LogP contribution is -1.95. The Labute approximate surface area is 184 Å². The number of hydrogen-bond donors (Lipinski definition) is 0. The SMILES string of the molecule is CSc1ncc(C)c(-c2cn(-c3ccccc3)c3nc(-c4c(C)noc4C)ccc23)n1. The third kappa shape index (κ3) is 3.31. The zero-order valence-corrected chi connectivity index (χ0v) is 18.6. The van der Waals surface area contributed by atoms with Crippen molar-refractivity contribution in [3.8, 4) is 28.2 Å². The number of para-hydroxylation sites is 1. The van der Waals surface area contributed by atoms with Gasteiger partial charge in [-0.1, -0.05) is 35.1 Å². The van der Waals surface area contributed by atoms with Crippen LogP contribution in [0.3, 0.4) is 0 Å². The van der Waals surface area contributed by atoms with Gasteiger partial charge >= 0.3 is 0 Å². The van der Waals surface area contributed by atoms with E-state index in [9.17, 15) is 0 Å². The molecule has 5 aromatic rings. The van der Waals surface area contributed by atoms with Crippen LogP contribution in [0.1, 0.15) is 17.0 Å². The normalized spacial score (nSPS) is 11.4. The van der Waals surface area contributed by atoms with E-state index < -0.39 is 0 Å². The second-order valence-electron chi connectivity index (χ2n) is 7.40. The van der Waals surface area contributed by atoms with E-state index in [1.807, 2.05) is 57.5 Å². The minimum atomic E-state index is 0.751. The molecule has 0 amide bonds. The molecule has 0 saturated heterocycles. The van der Waals surface area contributed by atoms with Crippen molar-refractivity contribution in [3.63, 3.8) is 0 Å². The molecule has 0 spiro atoms. The Morgan fingerprint density at radius 3 is 2.48 bits per heavy atom. The quantitative estimate of drug-likeness (QED) is 0.267. The Kier molecular flexibility index (Phi) is 4.82. The highest BCUT2D eigenvalue weighted by Crippen LogP contribution is 2.35. The number of aryl methyl sites for hydroxylation is 3. The first-order valence-electron chi connectivity index (χ1n) is 9.95. The monoisotopic (exact) mass is 427 g/mol. The summed E-state index contributed by atoms with van der Waals surface area (Å²) in [6.45, 7) is 5.89. The van der Waals surface area contributed by atoms with Gasteiger partial charge in [-0.2, -0.15) is 0 Å². The number of benzene rings is 1. The molecule has 4 heterocycles. The number of pyridine rings is 1. The highest BCUT2D eigenvalue weighted by molar-refractivity contribution is 7.98. The summed E-state index contributed by atoms with van der Waals surface area (Å²) in [4.78, 5) is 14.3. The van der Waals surface area contributed by atoms with Crippen LogP contribution in [-0.4, -0.2) is 30.9 Å². The van der Waals surface area contributed by atoms with Crippen LogP contribution in [0, 0.1) is 20.8 Å². The molecule has 7 heteroatoms.